The molecular weight excluding hydrogens is 216 g/mol. The summed E-state index contributed by atoms with van der Waals surface area (Å²) in [6.45, 7) is 3.57. The standard InChI is InChI=1S/C13H28N2S/c1-15(13-7-3-4-8-13)11-10-14-9-5-6-12-16-2/h13-14H,3-12H2,1-2H3. The summed E-state index contributed by atoms with van der Waals surface area (Å²) in [4.78, 5) is 2.54. The molecule has 0 spiro atoms. The SMILES string of the molecule is CSCCCCNCCN(C)C1CCCC1. The van der Waals surface area contributed by atoms with E-state index in [1.165, 1.54) is 57.4 Å². The fourth-order valence-corrected chi connectivity index (χ4v) is 2.90. The van der Waals surface area contributed by atoms with Crippen LogP contribution in [0.4, 0.5) is 0 Å². The van der Waals surface area contributed by atoms with Crippen LogP contribution in [-0.2, 0) is 0 Å². The smallest absolute Gasteiger partial charge is 0.0107 e. The minimum atomic E-state index is 0.873. The van der Waals surface area contributed by atoms with Gasteiger partial charge in [0.25, 0.3) is 0 Å². The van der Waals surface area contributed by atoms with Gasteiger partial charge in [-0.2, -0.15) is 11.8 Å². The van der Waals surface area contributed by atoms with Gasteiger partial charge in [-0.1, -0.05) is 12.8 Å². The Hall–Kier alpha value is 0.270. The molecular formula is C13H28N2S. The van der Waals surface area contributed by atoms with E-state index in [0.29, 0.717) is 0 Å². The largest absolute Gasteiger partial charge is 0.315 e. The van der Waals surface area contributed by atoms with Gasteiger partial charge in [-0.05, 0) is 51.3 Å². The van der Waals surface area contributed by atoms with Crippen molar-refractivity contribution in [3.8, 4) is 0 Å². The van der Waals surface area contributed by atoms with E-state index in [1.54, 1.807) is 0 Å². The molecule has 1 aliphatic carbocycles. The van der Waals surface area contributed by atoms with Gasteiger partial charge in [0, 0.05) is 19.1 Å². The van der Waals surface area contributed by atoms with E-state index in [0.717, 1.165) is 12.6 Å². The Morgan fingerprint density at radius 3 is 2.62 bits per heavy atom. The molecule has 0 atom stereocenters. The highest BCUT2D eigenvalue weighted by atomic mass is 32.2. The lowest BCUT2D eigenvalue weighted by Gasteiger charge is -2.23. The van der Waals surface area contributed by atoms with E-state index >= 15 is 0 Å². The van der Waals surface area contributed by atoms with Crippen LogP contribution in [0, 0.1) is 0 Å². The maximum Gasteiger partial charge on any atom is 0.0107 e. The maximum atomic E-state index is 3.55. The average molecular weight is 244 g/mol. The zero-order chi connectivity index (χ0) is 11.6. The number of rotatable bonds is 9. The molecule has 0 heterocycles. The Morgan fingerprint density at radius 1 is 1.19 bits per heavy atom. The number of nitrogens with one attached hydrogen (secondary N) is 1. The molecule has 0 amide bonds. The number of thioether (sulfide) groups is 1. The van der Waals surface area contributed by atoms with Crippen molar-refractivity contribution in [1.29, 1.82) is 0 Å². The molecule has 96 valence electrons. The molecule has 0 saturated heterocycles. The first-order chi connectivity index (χ1) is 7.84. The lowest BCUT2D eigenvalue weighted by atomic mass is 10.2. The summed E-state index contributed by atoms with van der Waals surface area (Å²) in [7, 11) is 2.28. The Balaban J connectivity index is 1.86. The third kappa shape index (κ3) is 6.12. The Labute approximate surface area is 106 Å². The van der Waals surface area contributed by atoms with Crippen LogP contribution in [0.1, 0.15) is 38.5 Å². The molecule has 0 aromatic rings. The first-order valence-corrected chi connectivity index (χ1v) is 8.14. The Morgan fingerprint density at radius 2 is 1.94 bits per heavy atom. The van der Waals surface area contributed by atoms with Gasteiger partial charge in [-0.3, -0.25) is 0 Å². The number of hydrogen-bond donors (Lipinski definition) is 1. The van der Waals surface area contributed by atoms with Crippen LogP contribution in [0.2, 0.25) is 0 Å². The van der Waals surface area contributed by atoms with Crippen molar-refractivity contribution in [2.24, 2.45) is 0 Å². The molecule has 1 N–H and O–H groups in total. The van der Waals surface area contributed by atoms with E-state index in [-0.39, 0.29) is 0 Å². The predicted octanol–water partition coefficient (Wildman–Crippen LogP) is 2.59. The van der Waals surface area contributed by atoms with Crippen molar-refractivity contribution in [2.45, 2.75) is 44.6 Å². The van der Waals surface area contributed by atoms with Crippen LogP contribution >= 0.6 is 11.8 Å². The van der Waals surface area contributed by atoms with Gasteiger partial charge in [-0.15, -0.1) is 0 Å². The van der Waals surface area contributed by atoms with Gasteiger partial charge in [0.05, 0.1) is 0 Å². The summed E-state index contributed by atoms with van der Waals surface area (Å²) >= 11 is 1.95. The van der Waals surface area contributed by atoms with Crippen LogP contribution in [0.15, 0.2) is 0 Å². The van der Waals surface area contributed by atoms with Gasteiger partial charge in [0.15, 0.2) is 0 Å². The topological polar surface area (TPSA) is 15.3 Å². The van der Waals surface area contributed by atoms with Crippen molar-refractivity contribution >= 4 is 11.8 Å². The zero-order valence-electron chi connectivity index (χ0n) is 11.0. The summed E-state index contributed by atoms with van der Waals surface area (Å²) in [5.74, 6) is 1.31. The molecule has 1 saturated carbocycles. The summed E-state index contributed by atoms with van der Waals surface area (Å²) in [5, 5.41) is 3.55. The van der Waals surface area contributed by atoms with Crippen molar-refractivity contribution in [3.05, 3.63) is 0 Å². The van der Waals surface area contributed by atoms with E-state index in [9.17, 15) is 0 Å². The highest BCUT2D eigenvalue weighted by Gasteiger charge is 2.18. The monoisotopic (exact) mass is 244 g/mol. The first-order valence-electron chi connectivity index (χ1n) is 6.74. The highest BCUT2D eigenvalue weighted by Crippen LogP contribution is 2.21. The van der Waals surface area contributed by atoms with Crippen LogP contribution in [-0.4, -0.2) is 49.6 Å². The van der Waals surface area contributed by atoms with Gasteiger partial charge < -0.3 is 10.2 Å². The molecule has 0 bridgehead atoms. The Kier molecular flexibility index (Phi) is 8.34. The minimum absolute atomic E-state index is 0.873. The number of nitrogens with zero attached hydrogens (tertiary/aromatic N) is 1. The van der Waals surface area contributed by atoms with E-state index in [2.05, 4.69) is 23.5 Å². The molecule has 0 radical (unpaired) electrons. The van der Waals surface area contributed by atoms with E-state index in [4.69, 9.17) is 0 Å². The van der Waals surface area contributed by atoms with Crippen LogP contribution in [0.3, 0.4) is 0 Å². The van der Waals surface area contributed by atoms with Crippen LogP contribution in [0.5, 0.6) is 0 Å². The second-order valence-electron chi connectivity index (χ2n) is 4.87. The summed E-state index contributed by atoms with van der Waals surface area (Å²) in [6, 6.07) is 0.873. The molecule has 1 aliphatic rings. The van der Waals surface area contributed by atoms with Crippen LogP contribution in [0.25, 0.3) is 0 Å². The summed E-state index contributed by atoms with van der Waals surface area (Å²) in [5.41, 5.74) is 0. The molecule has 2 nitrogen and oxygen atoms in total. The van der Waals surface area contributed by atoms with Crippen molar-refractivity contribution < 1.29 is 0 Å². The second kappa shape index (κ2) is 9.32. The van der Waals surface area contributed by atoms with Crippen LogP contribution < -0.4 is 5.32 Å². The van der Waals surface area contributed by atoms with E-state index in [1.807, 2.05) is 11.8 Å². The Bertz CT molecular complexity index is 158. The molecule has 3 heteroatoms. The molecule has 0 unspecified atom stereocenters. The summed E-state index contributed by atoms with van der Waals surface area (Å²) < 4.78 is 0. The minimum Gasteiger partial charge on any atom is -0.315 e. The van der Waals surface area contributed by atoms with Crippen molar-refractivity contribution in [3.63, 3.8) is 0 Å². The number of likely N-dealkylation sites (N-methyl/N-ethyl adjacent to an activating group) is 1. The van der Waals surface area contributed by atoms with Gasteiger partial charge in [0.1, 0.15) is 0 Å². The average Bonchev–Trinajstić information content (AvgIpc) is 2.81. The fraction of sp³-hybridized carbons (Fsp3) is 1.00. The molecule has 0 aromatic heterocycles. The molecule has 0 aromatic carbocycles. The molecule has 1 fully saturated rings. The molecule has 0 aliphatic heterocycles. The highest BCUT2D eigenvalue weighted by molar-refractivity contribution is 7.98. The summed E-state index contributed by atoms with van der Waals surface area (Å²) in [6.07, 6.45) is 10.6. The lowest BCUT2D eigenvalue weighted by Crippen LogP contribution is -2.35. The van der Waals surface area contributed by atoms with Crippen molar-refractivity contribution in [2.75, 3.05) is 38.7 Å². The second-order valence-corrected chi connectivity index (χ2v) is 5.85. The quantitative estimate of drug-likeness (QED) is 0.628. The van der Waals surface area contributed by atoms with Gasteiger partial charge in [-0.25, -0.2) is 0 Å². The zero-order valence-corrected chi connectivity index (χ0v) is 11.8. The normalized spacial score (nSPS) is 17.4. The number of unbranched alkanes of at least 4 members (excludes halogenated alkanes) is 1. The van der Waals surface area contributed by atoms with Gasteiger partial charge >= 0.3 is 0 Å². The first kappa shape index (κ1) is 14.3. The van der Waals surface area contributed by atoms with Crippen molar-refractivity contribution in [1.82, 2.24) is 10.2 Å². The van der Waals surface area contributed by atoms with Gasteiger partial charge in [0.2, 0.25) is 0 Å². The predicted molar refractivity (Wildman–Crippen MR) is 75.4 cm³/mol. The maximum absolute atomic E-state index is 3.55. The third-order valence-corrected chi connectivity index (χ3v) is 4.24. The third-order valence-electron chi connectivity index (χ3n) is 3.54. The van der Waals surface area contributed by atoms with E-state index < -0.39 is 0 Å². The molecule has 16 heavy (non-hydrogen) atoms. The molecule has 1 rings (SSSR count). The lowest BCUT2D eigenvalue weighted by molar-refractivity contribution is 0.245. The fourth-order valence-electron chi connectivity index (χ4n) is 2.40. The number of hydrogen-bond acceptors (Lipinski definition) is 3.